The van der Waals surface area contributed by atoms with Crippen LogP contribution in [0.1, 0.15) is 46.5 Å². The molecule has 0 saturated carbocycles. The summed E-state index contributed by atoms with van der Waals surface area (Å²) in [7, 11) is 7.14. The first-order chi connectivity index (χ1) is 19.4. The molecule has 3 aliphatic heterocycles. The van der Waals surface area contributed by atoms with E-state index in [2.05, 4.69) is 0 Å². The SMILES string of the molecule is [B][C@@H]1O[C@H](CC)[C@H](O[P+](=O)[O-])C1OC.[B][C@@H]1O[C@H](CC)[C@H](O[P+](=O)[O-])C1OC1(C)CCN(c2ccccc2F)CC1. The molecule has 0 amide bonds. The second-order valence-corrected chi connectivity index (χ2v) is 11.7. The molecule has 224 valence electrons. The van der Waals surface area contributed by atoms with E-state index >= 15 is 0 Å². The molecule has 0 bridgehead atoms. The van der Waals surface area contributed by atoms with Gasteiger partial charge < -0.3 is 33.6 Å². The topological polar surface area (TPSA) is 139 Å². The standard InChI is InChI=1S/C18H24BFNO5P.C7H12BO5P/c1-3-14-15(26-27(22)23)16(17(19)24-14)25-18(2)8-10-21(11-9-18)13-7-5-4-6-12(13)20;1-3-4-5(13-14(9)10)6(11-2)7(8)12-4/h4-7,14-17H,3,8-11H2,1-2H3;4-7H,3H2,1-2H3/t14-,15+,16?,17-;4-,5+,6?,7-/m11/s1. The Labute approximate surface area is 245 Å². The van der Waals surface area contributed by atoms with Gasteiger partial charge in [-0.1, -0.05) is 26.0 Å². The number of methoxy groups -OCH3 is 1. The van der Waals surface area contributed by atoms with Gasteiger partial charge >= 0.3 is 16.5 Å². The van der Waals surface area contributed by atoms with Crippen LogP contribution in [0.5, 0.6) is 0 Å². The molecule has 16 heteroatoms. The van der Waals surface area contributed by atoms with Crippen molar-refractivity contribution in [3.8, 4) is 0 Å². The van der Waals surface area contributed by atoms with Crippen LogP contribution in [0.25, 0.3) is 0 Å². The summed E-state index contributed by atoms with van der Waals surface area (Å²) >= 11 is 0. The molecular weight excluding hydrogens is 577 g/mol. The van der Waals surface area contributed by atoms with Crippen molar-refractivity contribution < 1.29 is 51.3 Å². The number of hydrogen-bond donors (Lipinski definition) is 0. The average molecular weight is 613 g/mol. The third kappa shape index (κ3) is 8.99. The lowest BCUT2D eigenvalue weighted by Crippen LogP contribution is -2.50. The van der Waals surface area contributed by atoms with Crippen LogP contribution in [0.3, 0.4) is 0 Å². The summed E-state index contributed by atoms with van der Waals surface area (Å²) in [6.07, 6.45) is -0.868. The van der Waals surface area contributed by atoms with E-state index in [1.807, 2.05) is 31.7 Å². The molecule has 4 unspecified atom stereocenters. The molecule has 4 radical (unpaired) electrons. The third-order valence-electron chi connectivity index (χ3n) is 7.62. The van der Waals surface area contributed by atoms with Crippen LogP contribution >= 0.6 is 16.5 Å². The molecular formula is C25H36B2FNO10P2. The van der Waals surface area contributed by atoms with Gasteiger partial charge in [0.25, 0.3) is 0 Å². The Hall–Kier alpha value is -1.04. The molecule has 3 fully saturated rings. The van der Waals surface area contributed by atoms with Crippen molar-refractivity contribution in [2.75, 3.05) is 25.1 Å². The fourth-order valence-corrected chi connectivity index (χ4v) is 6.31. The van der Waals surface area contributed by atoms with Gasteiger partial charge in [-0.3, -0.25) is 0 Å². The normalized spacial score (nSPS) is 33.7. The van der Waals surface area contributed by atoms with Crippen molar-refractivity contribution in [3.05, 3.63) is 30.1 Å². The largest absolute Gasteiger partial charge is 0.566 e. The number of rotatable bonds is 10. The number of halogens is 1. The summed E-state index contributed by atoms with van der Waals surface area (Å²) in [5, 5.41) is 0. The van der Waals surface area contributed by atoms with Crippen LogP contribution < -0.4 is 14.7 Å². The molecule has 4 rings (SSSR count). The Morgan fingerprint density at radius 3 is 1.90 bits per heavy atom. The first-order valence-corrected chi connectivity index (χ1v) is 15.8. The lowest BCUT2D eigenvalue weighted by molar-refractivity contribution is -0.198. The number of para-hydroxylation sites is 1. The van der Waals surface area contributed by atoms with Gasteiger partial charge in [0.05, 0.1) is 23.5 Å². The predicted octanol–water partition coefficient (Wildman–Crippen LogP) is 1.98. The quantitative estimate of drug-likeness (QED) is 0.283. The van der Waals surface area contributed by atoms with Crippen molar-refractivity contribution in [2.45, 2.75) is 101 Å². The summed E-state index contributed by atoms with van der Waals surface area (Å²) in [6.45, 7) is 6.95. The highest BCUT2D eigenvalue weighted by Gasteiger charge is 2.49. The molecule has 3 saturated heterocycles. The van der Waals surface area contributed by atoms with Gasteiger partial charge in [0, 0.05) is 32.2 Å². The van der Waals surface area contributed by atoms with Gasteiger partial charge in [-0.2, -0.15) is 0 Å². The summed E-state index contributed by atoms with van der Waals surface area (Å²) < 4.78 is 67.5. The molecule has 0 N–H and O–H groups in total. The van der Waals surface area contributed by atoms with Crippen molar-refractivity contribution in [2.24, 2.45) is 0 Å². The summed E-state index contributed by atoms with van der Waals surface area (Å²) in [5.41, 5.74) is 0.0580. The van der Waals surface area contributed by atoms with Crippen molar-refractivity contribution in [1.82, 2.24) is 0 Å². The highest BCUT2D eigenvalue weighted by Crippen LogP contribution is 2.38. The van der Waals surface area contributed by atoms with Crippen LogP contribution in [-0.2, 0) is 37.1 Å². The smallest absolute Gasteiger partial charge is 0.488 e. The summed E-state index contributed by atoms with van der Waals surface area (Å²) in [4.78, 5) is 23.5. The average Bonchev–Trinajstić information content (AvgIpc) is 3.38. The van der Waals surface area contributed by atoms with E-state index in [0.717, 1.165) is 0 Å². The maximum Gasteiger partial charge on any atom is 0.488 e. The lowest BCUT2D eigenvalue weighted by atomic mass is 9.89. The predicted molar refractivity (Wildman–Crippen MR) is 146 cm³/mol. The van der Waals surface area contributed by atoms with E-state index in [-0.39, 0.29) is 11.9 Å². The fraction of sp³-hybridized carbons (Fsp3) is 0.760. The lowest BCUT2D eigenvalue weighted by Gasteiger charge is -2.42. The van der Waals surface area contributed by atoms with Crippen LogP contribution in [0.4, 0.5) is 10.1 Å². The zero-order valence-electron chi connectivity index (χ0n) is 23.6. The Bertz CT molecular complexity index is 1020. The molecule has 3 aliphatic rings. The second-order valence-electron chi connectivity index (χ2n) is 10.4. The maximum absolute atomic E-state index is 14.0. The number of anilines is 1. The monoisotopic (exact) mass is 613 g/mol. The van der Waals surface area contributed by atoms with Crippen molar-refractivity contribution >= 4 is 37.9 Å². The van der Waals surface area contributed by atoms with Gasteiger partial charge in [0.1, 0.15) is 33.7 Å². The number of ether oxygens (including phenoxy) is 4. The highest BCUT2D eigenvalue weighted by molar-refractivity contribution is 7.30. The third-order valence-corrected chi connectivity index (χ3v) is 8.45. The highest BCUT2D eigenvalue weighted by atomic mass is 31.1. The van der Waals surface area contributed by atoms with Crippen LogP contribution in [0.2, 0.25) is 0 Å². The Kier molecular flexibility index (Phi) is 13.1. The number of hydrogen-bond acceptors (Lipinski definition) is 11. The maximum atomic E-state index is 14.0. The van der Waals surface area contributed by atoms with Gasteiger partial charge in [-0.25, -0.2) is 4.39 Å². The molecule has 10 atom stereocenters. The first kappa shape index (κ1) is 34.5. The molecule has 3 heterocycles. The minimum Gasteiger partial charge on any atom is -0.566 e. The minimum absolute atomic E-state index is 0.244. The summed E-state index contributed by atoms with van der Waals surface area (Å²) in [5.74, 6) is -0.244. The molecule has 11 nitrogen and oxygen atoms in total. The van der Waals surface area contributed by atoms with E-state index in [0.29, 0.717) is 44.5 Å². The first-order valence-electron chi connectivity index (χ1n) is 13.6. The molecule has 41 heavy (non-hydrogen) atoms. The van der Waals surface area contributed by atoms with E-state index in [9.17, 15) is 23.3 Å². The van der Waals surface area contributed by atoms with Gasteiger partial charge in [-0.05, 0) is 53.9 Å². The molecule has 1 aromatic carbocycles. The van der Waals surface area contributed by atoms with Gasteiger partial charge in [0.15, 0.2) is 12.2 Å². The zero-order valence-corrected chi connectivity index (χ0v) is 25.4. The van der Waals surface area contributed by atoms with Crippen molar-refractivity contribution in [1.29, 1.82) is 0 Å². The van der Waals surface area contributed by atoms with Crippen LogP contribution in [0.15, 0.2) is 24.3 Å². The molecule has 0 aliphatic carbocycles. The fourth-order valence-electron chi connectivity index (χ4n) is 5.40. The second kappa shape index (κ2) is 15.6. The number of piperidine rings is 1. The Balaban J connectivity index is 0.000000278. The van der Waals surface area contributed by atoms with E-state index in [1.54, 1.807) is 12.1 Å². The molecule has 0 spiro atoms. The van der Waals surface area contributed by atoms with Crippen molar-refractivity contribution in [3.63, 3.8) is 0 Å². The van der Waals surface area contributed by atoms with Crippen LogP contribution in [-0.4, -0.2) is 90.1 Å². The van der Waals surface area contributed by atoms with Gasteiger partial charge in [0.2, 0.25) is 0 Å². The van der Waals surface area contributed by atoms with Crippen LogP contribution in [0, 0.1) is 5.82 Å². The van der Waals surface area contributed by atoms with E-state index in [4.69, 9.17) is 43.7 Å². The van der Waals surface area contributed by atoms with E-state index < -0.39 is 64.6 Å². The number of benzene rings is 1. The van der Waals surface area contributed by atoms with Gasteiger partial charge in [-0.15, -0.1) is 9.05 Å². The zero-order chi connectivity index (χ0) is 30.3. The summed E-state index contributed by atoms with van der Waals surface area (Å²) in [6, 6.07) is 5.31. The Morgan fingerprint density at radius 1 is 0.951 bits per heavy atom. The minimum atomic E-state index is -3.04. The molecule has 1 aromatic rings. The van der Waals surface area contributed by atoms with E-state index in [1.165, 1.54) is 13.2 Å². The molecule has 0 aromatic heterocycles. The Morgan fingerprint density at radius 2 is 1.44 bits per heavy atom. The number of nitrogens with zero attached hydrogens (tertiary/aromatic N) is 1.